The number of nitrogen functional groups attached to an aromatic ring is 2. The molecule has 0 saturated carbocycles. The molecular formula is C6H10N6S2. The first-order valence-electron chi connectivity index (χ1n) is 3.69. The predicted molar refractivity (Wildman–Crippen MR) is 58.1 cm³/mol. The average molecular weight is 230 g/mol. The Morgan fingerprint density at radius 3 is 1.29 bits per heavy atom. The summed E-state index contributed by atoms with van der Waals surface area (Å²) < 4.78 is 7.64. The lowest BCUT2D eigenvalue weighted by Gasteiger charge is -1.69. The number of anilines is 2. The molecule has 0 atom stereocenters. The average Bonchev–Trinajstić information content (AvgIpc) is 2.63. The minimum absolute atomic E-state index is 0.539. The van der Waals surface area contributed by atoms with Gasteiger partial charge in [-0.1, -0.05) is 0 Å². The molecular weight excluding hydrogens is 220 g/mol. The van der Waals surface area contributed by atoms with E-state index in [4.69, 9.17) is 11.5 Å². The summed E-state index contributed by atoms with van der Waals surface area (Å²) in [5, 5.41) is 1.08. The molecule has 76 valence electrons. The second-order valence-corrected chi connectivity index (χ2v) is 3.93. The summed E-state index contributed by atoms with van der Waals surface area (Å²) in [4.78, 5) is 7.59. The second kappa shape index (κ2) is 4.82. The normalized spacial score (nSPS) is 9.29. The van der Waals surface area contributed by atoms with E-state index in [2.05, 4.69) is 18.7 Å². The molecule has 2 aromatic rings. The topological polar surface area (TPSA) is 104 Å². The summed E-state index contributed by atoms with van der Waals surface area (Å²) in [7, 11) is 0. The highest BCUT2D eigenvalue weighted by molar-refractivity contribution is 7.09. The van der Waals surface area contributed by atoms with Crippen molar-refractivity contribution in [1.82, 2.24) is 18.7 Å². The maximum absolute atomic E-state index is 5.22. The van der Waals surface area contributed by atoms with Gasteiger partial charge in [-0.15, -0.1) is 0 Å². The van der Waals surface area contributed by atoms with Gasteiger partial charge in [0.05, 0.1) is 0 Å². The van der Waals surface area contributed by atoms with Gasteiger partial charge in [0.25, 0.3) is 0 Å². The first-order chi connectivity index (χ1) is 6.58. The standard InChI is InChI=1S/2C3H5N3S/c2*1-2-5-3(4)7-6-2/h2*1H3,(H2,4,5,6). The SMILES string of the molecule is Cc1nsc(N)n1.Cc1nsc(N)n1. The van der Waals surface area contributed by atoms with Gasteiger partial charge in [-0.3, -0.25) is 0 Å². The van der Waals surface area contributed by atoms with Crippen LogP contribution >= 0.6 is 23.1 Å². The van der Waals surface area contributed by atoms with Crippen LogP contribution in [0.5, 0.6) is 0 Å². The molecule has 2 heterocycles. The van der Waals surface area contributed by atoms with Crippen LogP contribution in [0.1, 0.15) is 11.6 Å². The van der Waals surface area contributed by atoms with Crippen LogP contribution in [0.15, 0.2) is 0 Å². The molecule has 0 radical (unpaired) electrons. The first kappa shape index (κ1) is 10.8. The van der Waals surface area contributed by atoms with Crippen molar-refractivity contribution in [3.63, 3.8) is 0 Å². The quantitative estimate of drug-likeness (QED) is 0.695. The van der Waals surface area contributed by atoms with Gasteiger partial charge in [0.15, 0.2) is 10.3 Å². The predicted octanol–water partition coefficient (Wildman–Crippen LogP) is 0.857. The number of rotatable bonds is 0. The van der Waals surface area contributed by atoms with E-state index in [1.807, 2.05) is 13.8 Å². The van der Waals surface area contributed by atoms with Crippen molar-refractivity contribution >= 4 is 33.3 Å². The summed E-state index contributed by atoms with van der Waals surface area (Å²) in [5.41, 5.74) is 10.4. The lowest BCUT2D eigenvalue weighted by molar-refractivity contribution is 1.17. The third kappa shape index (κ3) is 3.62. The van der Waals surface area contributed by atoms with E-state index in [-0.39, 0.29) is 0 Å². The molecule has 0 bridgehead atoms. The van der Waals surface area contributed by atoms with E-state index >= 15 is 0 Å². The van der Waals surface area contributed by atoms with Gasteiger partial charge in [-0.25, -0.2) is 9.97 Å². The summed E-state index contributed by atoms with van der Waals surface area (Å²) in [6.07, 6.45) is 0. The highest BCUT2D eigenvalue weighted by Gasteiger charge is 1.89. The lowest BCUT2D eigenvalue weighted by atomic mass is 10.8. The molecule has 0 unspecified atom stereocenters. The number of hydrogen-bond donors (Lipinski definition) is 2. The third-order valence-electron chi connectivity index (χ3n) is 1.09. The Kier molecular flexibility index (Phi) is 3.72. The lowest BCUT2D eigenvalue weighted by Crippen LogP contribution is -1.80. The van der Waals surface area contributed by atoms with Crippen LogP contribution in [-0.4, -0.2) is 18.7 Å². The summed E-state index contributed by atoms with van der Waals surface area (Å²) in [6, 6.07) is 0. The van der Waals surface area contributed by atoms with Gasteiger partial charge in [-0.05, 0) is 13.8 Å². The number of aryl methyl sites for hydroxylation is 2. The molecule has 2 rings (SSSR count). The van der Waals surface area contributed by atoms with Crippen molar-refractivity contribution in [2.24, 2.45) is 0 Å². The van der Waals surface area contributed by atoms with E-state index in [9.17, 15) is 0 Å². The molecule has 0 fully saturated rings. The van der Waals surface area contributed by atoms with Crippen LogP contribution < -0.4 is 11.5 Å². The summed E-state index contributed by atoms with van der Waals surface area (Å²) in [5.74, 6) is 1.50. The molecule has 4 N–H and O–H groups in total. The van der Waals surface area contributed by atoms with E-state index in [1.54, 1.807) is 0 Å². The number of aromatic nitrogens is 4. The Morgan fingerprint density at radius 1 is 0.857 bits per heavy atom. The van der Waals surface area contributed by atoms with E-state index < -0.39 is 0 Å². The van der Waals surface area contributed by atoms with Gasteiger partial charge in [0, 0.05) is 23.1 Å². The molecule has 0 aromatic carbocycles. The van der Waals surface area contributed by atoms with Crippen molar-refractivity contribution in [1.29, 1.82) is 0 Å². The molecule has 6 nitrogen and oxygen atoms in total. The Hall–Kier alpha value is -1.28. The maximum atomic E-state index is 5.22. The van der Waals surface area contributed by atoms with Crippen molar-refractivity contribution in [3.8, 4) is 0 Å². The van der Waals surface area contributed by atoms with E-state index in [1.165, 1.54) is 23.1 Å². The highest BCUT2D eigenvalue weighted by Crippen LogP contribution is 2.03. The van der Waals surface area contributed by atoms with Gasteiger partial charge in [0.1, 0.15) is 11.6 Å². The van der Waals surface area contributed by atoms with Crippen molar-refractivity contribution in [3.05, 3.63) is 11.6 Å². The molecule has 8 heteroatoms. The number of nitrogens with zero attached hydrogens (tertiary/aromatic N) is 4. The second-order valence-electron chi connectivity index (χ2n) is 2.36. The van der Waals surface area contributed by atoms with E-state index in [0.29, 0.717) is 10.3 Å². The molecule has 2 aromatic heterocycles. The van der Waals surface area contributed by atoms with Crippen LogP contribution in [0.4, 0.5) is 10.3 Å². The maximum Gasteiger partial charge on any atom is 0.199 e. The van der Waals surface area contributed by atoms with Crippen LogP contribution in [0.2, 0.25) is 0 Å². The van der Waals surface area contributed by atoms with Crippen LogP contribution in [-0.2, 0) is 0 Å². The molecule has 0 aliphatic carbocycles. The Bertz CT molecular complexity index is 323. The zero-order valence-electron chi connectivity index (χ0n) is 7.76. The summed E-state index contributed by atoms with van der Waals surface area (Å²) >= 11 is 2.44. The largest absolute Gasteiger partial charge is 0.374 e. The smallest absolute Gasteiger partial charge is 0.199 e. The Labute approximate surface area is 89.3 Å². The number of hydrogen-bond acceptors (Lipinski definition) is 8. The van der Waals surface area contributed by atoms with Crippen molar-refractivity contribution in [2.45, 2.75) is 13.8 Å². The van der Waals surface area contributed by atoms with E-state index in [0.717, 1.165) is 11.6 Å². The fourth-order valence-electron chi connectivity index (χ4n) is 0.626. The minimum Gasteiger partial charge on any atom is -0.374 e. The zero-order valence-corrected chi connectivity index (χ0v) is 9.39. The van der Waals surface area contributed by atoms with Crippen LogP contribution in [0, 0.1) is 13.8 Å². The Morgan fingerprint density at radius 2 is 1.21 bits per heavy atom. The van der Waals surface area contributed by atoms with Gasteiger partial charge in [-0.2, -0.15) is 8.75 Å². The van der Waals surface area contributed by atoms with Gasteiger partial charge in [0.2, 0.25) is 0 Å². The molecule has 0 saturated heterocycles. The zero-order chi connectivity index (χ0) is 10.6. The fraction of sp³-hybridized carbons (Fsp3) is 0.333. The molecule has 0 aliphatic rings. The van der Waals surface area contributed by atoms with Gasteiger partial charge < -0.3 is 11.5 Å². The van der Waals surface area contributed by atoms with Crippen LogP contribution in [0.25, 0.3) is 0 Å². The minimum atomic E-state index is 0.539. The molecule has 0 spiro atoms. The molecule has 0 aliphatic heterocycles. The monoisotopic (exact) mass is 230 g/mol. The summed E-state index contributed by atoms with van der Waals surface area (Å²) in [6.45, 7) is 3.62. The van der Waals surface area contributed by atoms with Crippen LogP contribution in [0.3, 0.4) is 0 Å². The Balaban J connectivity index is 0.000000140. The number of nitrogens with two attached hydrogens (primary N) is 2. The highest BCUT2D eigenvalue weighted by atomic mass is 32.1. The van der Waals surface area contributed by atoms with Crippen molar-refractivity contribution in [2.75, 3.05) is 11.5 Å². The molecule has 14 heavy (non-hydrogen) atoms. The van der Waals surface area contributed by atoms with Gasteiger partial charge >= 0.3 is 0 Å². The fourth-order valence-corrected chi connectivity index (χ4v) is 1.51. The van der Waals surface area contributed by atoms with Crippen molar-refractivity contribution < 1.29 is 0 Å². The first-order valence-corrected chi connectivity index (χ1v) is 5.24. The third-order valence-corrected chi connectivity index (χ3v) is 2.35. The molecule has 0 amide bonds.